The molecule has 1 heterocycles. The summed E-state index contributed by atoms with van der Waals surface area (Å²) in [6.45, 7) is 5.56. The molecule has 0 aliphatic carbocycles. The Bertz CT molecular complexity index is 1160. The molecule has 0 saturated heterocycles. The van der Waals surface area contributed by atoms with E-state index in [4.69, 9.17) is 0 Å². The molecule has 0 spiro atoms. The van der Waals surface area contributed by atoms with Crippen LogP contribution in [-0.4, -0.2) is 10.5 Å². The van der Waals surface area contributed by atoms with E-state index in [0.29, 0.717) is 15.7 Å². The van der Waals surface area contributed by atoms with Gasteiger partial charge in [0.2, 0.25) is 0 Å². The molecule has 152 valence electrons. The van der Waals surface area contributed by atoms with Crippen LogP contribution < -0.4 is 5.32 Å². The molecule has 3 aromatic rings. The standard InChI is InChI=1S/C24H21BrFN3O/c1-15-11-19(17(3)29(15)23-10-9-21(25)13-22(23)26)12-20(14-27)24(30)28-16(2)18-7-5-4-6-8-18/h4-13,16H,1-3H3,(H,28,30)/b20-12-/t16-/m0/s1. The highest BCUT2D eigenvalue weighted by Gasteiger charge is 2.17. The van der Waals surface area contributed by atoms with Crippen molar-refractivity contribution in [2.75, 3.05) is 0 Å². The van der Waals surface area contributed by atoms with Gasteiger partial charge in [0.25, 0.3) is 5.91 Å². The number of rotatable bonds is 5. The second-order valence-electron chi connectivity index (χ2n) is 7.03. The van der Waals surface area contributed by atoms with Crippen molar-refractivity contribution in [1.82, 2.24) is 9.88 Å². The molecule has 0 unspecified atom stereocenters. The smallest absolute Gasteiger partial charge is 0.262 e. The van der Waals surface area contributed by atoms with Gasteiger partial charge in [0.15, 0.2) is 0 Å². The van der Waals surface area contributed by atoms with Crippen LogP contribution in [0.15, 0.2) is 64.6 Å². The van der Waals surface area contributed by atoms with Crippen LogP contribution >= 0.6 is 15.9 Å². The van der Waals surface area contributed by atoms with E-state index in [-0.39, 0.29) is 17.4 Å². The number of benzene rings is 2. The summed E-state index contributed by atoms with van der Waals surface area (Å²) in [6, 6.07) is 18.0. The van der Waals surface area contributed by atoms with E-state index in [1.807, 2.05) is 63.2 Å². The Morgan fingerprint density at radius 2 is 1.90 bits per heavy atom. The predicted octanol–water partition coefficient (Wildman–Crippen LogP) is 5.78. The number of nitrogens with one attached hydrogen (secondary N) is 1. The summed E-state index contributed by atoms with van der Waals surface area (Å²) >= 11 is 3.27. The summed E-state index contributed by atoms with van der Waals surface area (Å²) in [7, 11) is 0. The van der Waals surface area contributed by atoms with Crippen LogP contribution in [0.25, 0.3) is 11.8 Å². The average Bonchev–Trinajstić information content (AvgIpc) is 3.00. The van der Waals surface area contributed by atoms with Crippen LogP contribution in [0.5, 0.6) is 0 Å². The molecular weight excluding hydrogens is 445 g/mol. The number of nitriles is 1. The highest BCUT2D eigenvalue weighted by atomic mass is 79.9. The summed E-state index contributed by atoms with van der Waals surface area (Å²) in [4.78, 5) is 12.7. The van der Waals surface area contributed by atoms with Gasteiger partial charge in [-0.05, 0) is 62.2 Å². The van der Waals surface area contributed by atoms with E-state index in [1.54, 1.807) is 22.8 Å². The van der Waals surface area contributed by atoms with Gasteiger partial charge < -0.3 is 9.88 Å². The molecule has 0 bridgehead atoms. The first-order valence-electron chi connectivity index (χ1n) is 9.43. The van der Waals surface area contributed by atoms with Gasteiger partial charge in [-0.3, -0.25) is 4.79 Å². The van der Waals surface area contributed by atoms with Crippen molar-refractivity contribution in [3.05, 3.63) is 93.0 Å². The molecule has 1 N–H and O–H groups in total. The lowest BCUT2D eigenvalue weighted by atomic mass is 10.1. The van der Waals surface area contributed by atoms with Crippen molar-refractivity contribution in [1.29, 1.82) is 5.26 Å². The summed E-state index contributed by atoms with van der Waals surface area (Å²) < 4.78 is 16.9. The summed E-state index contributed by atoms with van der Waals surface area (Å²) in [5, 5.41) is 12.4. The number of halogens is 2. The van der Waals surface area contributed by atoms with Crippen molar-refractivity contribution in [3.8, 4) is 11.8 Å². The van der Waals surface area contributed by atoms with Gasteiger partial charge in [-0.15, -0.1) is 0 Å². The zero-order valence-corrected chi connectivity index (χ0v) is 18.5. The number of nitrogens with zero attached hydrogens (tertiary/aromatic N) is 2. The van der Waals surface area contributed by atoms with Gasteiger partial charge in [0.05, 0.1) is 11.7 Å². The highest BCUT2D eigenvalue weighted by Crippen LogP contribution is 2.26. The third-order valence-electron chi connectivity index (χ3n) is 4.93. The molecule has 0 fully saturated rings. The topological polar surface area (TPSA) is 57.8 Å². The predicted molar refractivity (Wildman–Crippen MR) is 119 cm³/mol. The maximum Gasteiger partial charge on any atom is 0.262 e. The fraction of sp³-hybridized carbons (Fsp3) is 0.167. The van der Waals surface area contributed by atoms with Crippen molar-refractivity contribution in [3.63, 3.8) is 0 Å². The Labute approximate surface area is 183 Å². The van der Waals surface area contributed by atoms with Crippen molar-refractivity contribution >= 4 is 27.9 Å². The van der Waals surface area contributed by atoms with Crippen LogP contribution in [0.3, 0.4) is 0 Å². The fourth-order valence-electron chi connectivity index (χ4n) is 3.37. The van der Waals surface area contributed by atoms with E-state index in [2.05, 4.69) is 21.2 Å². The normalized spacial score (nSPS) is 12.3. The second kappa shape index (κ2) is 9.10. The first-order valence-corrected chi connectivity index (χ1v) is 10.2. The van der Waals surface area contributed by atoms with E-state index < -0.39 is 5.91 Å². The first kappa shape index (κ1) is 21.5. The van der Waals surface area contributed by atoms with Crippen LogP contribution in [0.4, 0.5) is 4.39 Å². The third-order valence-corrected chi connectivity index (χ3v) is 5.43. The van der Waals surface area contributed by atoms with Crippen LogP contribution in [0.1, 0.15) is 35.5 Å². The minimum atomic E-state index is -0.450. The monoisotopic (exact) mass is 465 g/mol. The number of hydrogen-bond donors (Lipinski definition) is 1. The highest BCUT2D eigenvalue weighted by molar-refractivity contribution is 9.10. The lowest BCUT2D eigenvalue weighted by Gasteiger charge is -2.14. The Morgan fingerprint density at radius 3 is 2.53 bits per heavy atom. The Hall–Kier alpha value is -3.17. The Balaban J connectivity index is 1.91. The van der Waals surface area contributed by atoms with E-state index in [0.717, 1.165) is 17.0 Å². The molecule has 0 aliphatic heterocycles. The largest absolute Gasteiger partial charge is 0.345 e. The van der Waals surface area contributed by atoms with E-state index in [9.17, 15) is 14.4 Å². The molecular formula is C24H21BrFN3O. The van der Waals surface area contributed by atoms with Crippen LogP contribution in [-0.2, 0) is 4.79 Å². The minimum absolute atomic E-state index is 0.00527. The summed E-state index contributed by atoms with van der Waals surface area (Å²) in [5.74, 6) is -0.815. The molecule has 6 heteroatoms. The van der Waals surface area contributed by atoms with Gasteiger partial charge in [-0.1, -0.05) is 46.3 Å². The fourth-order valence-corrected chi connectivity index (χ4v) is 3.70. The van der Waals surface area contributed by atoms with E-state index in [1.165, 1.54) is 6.07 Å². The molecule has 0 radical (unpaired) electrons. The minimum Gasteiger partial charge on any atom is -0.345 e. The zero-order valence-electron chi connectivity index (χ0n) is 16.9. The van der Waals surface area contributed by atoms with Gasteiger partial charge in [0.1, 0.15) is 17.5 Å². The van der Waals surface area contributed by atoms with Crippen molar-refractivity contribution in [2.45, 2.75) is 26.8 Å². The van der Waals surface area contributed by atoms with Crippen molar-refractivity contribution in [2.24, 2.45) is 0 Å². The Kier molecular flexibility index (Phi) is 6.53. The number of hydrogen-bond acceptors (Lipinski definition) is 2. The third kappa shape index (κ3) is 4.52. The lowest BCUT2D eigenvalue weighted by molar-refractivity contribution is -0.117. The molecule has 1 atom stereocenters. The number of amides is 1. The Morgan fingerprint density at radius 1 is 1.20 bits per heavy atom. The van der Waals surface area contributed by atoms with Gasteiger partial charge in [-0.2, -0.15) is 5.26 Å². The van der Waals surface area contributed by atoms with Crippen LogP contribution in [0.2, 0.25) is 0 Å². The molecule has 2 aromatic carbocycles. The van der Waals surface area contributed by atoms with Crippen molar-refractivity contribution < 1.29 is 9.18 Å². The number of carbonyl (C=O) groups excluding carboxylic acids is 1. The lowest BCUT2D eigenvalue weighted by Crippen LogP contribution is -2.27. The molecule has 1 aromatic heterocycles. The number of carbonyl (C=O) groups is 1. The second-order valence-corrected chi connectivity index (χ2v) is 7.95. The molecule has 3 rings (SSSR count). The molecule has 4 nitrogen and oxygen atoms in total. The van der Waals surface area contributed by atoms with Gasteiger partial charge in [0, 0.05) is 15.9 Å². The van der Waals surface area contributed by atoms with E-state index >= 15 is 0 Å². The summed E-state index contributed by atoms with van der Waals surface area (Å²) in [6.07, 6.45) is 1.54. The SMILES string of the molecule is Cc1cc(/C=C(/C#N)C(=O)N[C@@H](C)c2ccccc2)c(C)n1-c1ccc(Br)cc1F. The number of aryl methyl sites for hydroxylation is 1. The molecule has 0 saturated carbocycles. The van der Waals surface area contributed by atoms with Gasteiger partial charge in [-0.25, -0.2) is 4.39 Å². The quantitative estimate of drug-likeness (QED) is 0.383. The number of aromatic nitrogens is 1. The van der Waals surface area contributed by atoms with Crippen LogP contribution in [0, 0.1) is 31.0 Å². The maximum atomic E-state index is 14.5. The summed E-state index contributed by atoms with van der Waals surface area (Å²) in [5.41, 5.74) is 3.59. The zero-order chi connectivity index (χ0) is 21.8. The molecule has 30 heavy (non-hydrogen) atoms. The average molecular weight is 466 g/mol. The molecule has 0 aliphatic rings. The van der Waals surface area contributed by atoms with Gasteiger partial charge >= 0.3 is 0 Å². The first-order chi connectivity index (χ1) is 14.3. The maximum absolute atomic E-state index is 14.5. The molecule has 1 amide bonds.